The summed E-state index contributed by atoms with van der Waals surface area (Å²) in [4.78, 5) is 13.0. The molecule has 0 spiro atoms. The predicted octanol–water partition coefficient (Wildman–Crippen LogP) is 6.28. The number of H-pyrrole nitrogens is 1. The molecule has 0 radical (unpaired) electrons. The molecule has 0 unspecified atom stereocenters. The molecule has 2 heterocycles. The number of ether oxygens (including phenoxy) is 2. The fraction of sp³-hybridized carbons (Fsp3) is 0.0909. The Morgan fingerprint density at radius 1 is 1.19 bits per heavy atom. The molecular weight excluding hydrogens is 531 g/mol. The van der Waals surface area contributed by atoms with E-state index >= 15 is 0 Å². The van der Waals surface area contributed by atoms with Gasteiger partial charge in [0.25, 0.3) is 0 Å². The highest BCUT2D eigenvalue weighted by atomic mass is 35.5. The molecule has 0 amide bonds. The Labute approximate surface area is 209 Å². The third-order valence-corrected chi connectivity index (χ3v) is 4.77. The van der Waals surface area contributed by atoms with Gasteiger partial charge in [-0.15, -0.1) is 0 Å². The summed E-state index contributed by atoms with van der Waals surface area (Å²) >= 11 is 12.1. The largest absolute Gasteiger partial charge is 0.490 e. The summed E-state index contributed by atoms with van der Waals surface area (Å²) in [6.07, 6.45) is -3.45. The topological polar surface area (TPSA) is 121 Å². The fourth-order valence-corrected chi connectivity index (χ4v) is 3.10. The van der Waals surface area contributed by atoms with Crippen LogP contribution in [-0.2, 0) is 11.4 Å². The summed E-state index contributed by atoms with van der Waals surface area (Å²) in [6, 6.07) is 12.8. The SMILES string of the molecule is N#Cc1cc(Cl)cc(Oc2c(Cl)ccc(OCc3[nH]nc4ncccc34)c2F)c1.O=C(O)C(F)(F)F. The summed E-state index contributed by atoms with van der Waals surface area (Å²) < 4.78 is 57.9. The Morgan fingerprint density at radius 2 is 1.92 bits per heavy atom. The standard InChI is InChI=1S/C20H11Cl2FN4O2.C2HF3O2/c21-12-6-11(9-24)7-13(8-12)29-19-15(22)3-4-17(18(19)23)28-10-16-14-2-1-5-25-20(14)27-26-16;3-2(4,5)1(6)7/h1-8H,10H2,(H,25,26,27);(H,6,7). The van der Waals surface area contributed by atoms with Crippen molar-refractivity contribution in [3.8, 4) is 23.3 Å². The van der Waals surface area contributed by atoms with Crippen LogP contribution >= 0.6 is 23.2 Å². The van der Waals surface area contributed by atoms with E-state index in [4.69, 9.17) is 47.8 Å². The third-order valence-electron chi connectivity index (χ3n) is 4.26. The van der Waals surface area contributed by atoms with Gasteiger partial charge in [-0.3, -0.25) is 5.10 Å². The number of nitrogens with one attached hydrogen (secondary N) is 1. The van der Waals surface area contributed by atoms with Gasteiger partial charge in [0.15, 0.2) is 17.1 Å². The molecule has 8 nitrogen and oxygen atoms in total. The summed E-state index contributed by atoms with van der Waals surface area (Å²) in [7, 11) is 0. The highest BCUT2D eigenvalue weighted by molar-refractivity contribution is 6.32. The number of hydrogen-bond donors (Lipinski definition) is 2. The first-order valence-electron chi connectivity index (χ1n) is 9.57. The molecule has 0 bridgehead atoms. The lowest BCUT2D eigenvalue weighted by Gasteiger charge is -2.13. The number of halogens is 6. The lowest BCUT2D eigenvalue weighted by atomic mass is 10.2. The minimum atomic E-state index is -5.08. The van der Waals surface area contributed by atoms with Crippen molar-refractivity contribution >= 4 is 40.2 Å². The second-order valence-electron chi connectivity index (χ2n) is 6.75. The van der Waals surface area contributed by atoms with Crippen LogP contribution in [0.25, 0.3) is 11.0 Å². The molecule has 2 aromatic carbocycles. The second-order valence-corrected chi connectivity index (χ2v) is 7.59. The first kappa shape index (κ1) is 26.5. The number of nitriles is 1. The van der Waals surface area contributed by atoms with Crippen molar-refractivity contribution in [3.63, 3.8) is 0 Å². The van der Waals surface area contributed by atoms with Crippen molar-refractivity contribution in [3.05, 3.63) is 75.8 Å². The molecule has 0 fully saturated rings. The first-order chi connectivity index (χ1) is 17.0. The van der Waals surface area contributed by atoms with E-state index in [-0.39, 0.29) is 39.5 Å². The van der Waals surface area contributed by atoms with Gasteiger partial charge in [0, 0.05) is 16.6 Å². The van der Waals surface area contributed by atoms with Gasteiger partial charge in [0.2, 0.25) is 5.82 Å². The minimum Gasteiger partial charge on any atom is -0.484 e. The zero-order chi connectivity index (χ0) is 26.5. The average molecular weight is 543 g/mol. The zero-order valence-electron chi connectivity index (χ0n) is 17.6. The van der Waals surface area contributed by atoms with E-state index < -0.39 is 18.0 Å². The number of aliphatic carboxylic acids is 1. The fourth-order valence-electron chi connectivity index (χ4n) is 2.69. The number of nitrogens with zero attached hydrogens (tertiary/aromatic N) is 3. The normalized spacial score (nSPS) is 10.8. The highest BCUT2D eigenvalue weighted by Crippen LogP contribution is 2.38. The maximum absolute atomic E-state index is 15.0. The summed E-state index contributed by atoms with van der Waals surface area (Å²) in [5, 5.41) is 24.2. The number of rotatable bonds is 5. The average Bonchev–Trinajstić information content (AvgIpc) is 3.24. The molecule has 14 heteroatoms. The third kappa shape index (κ3) is 6.53. The van der Waals surface area contributed by atoms with Gasteiger partial charge >= 0.3 is 12.1 Å². The molecule has 0 saturated heterocycles. The van der Waals surface area contributed by atoms with Crippen molar-refractivity contribution in [2.24, 2.45) is 0 Å². The van der Waals surface area contributed by atoms with E-state index in [9.17, 15) is 17.6 Å². The van der Waals surface area contributed by atoms with Crippen molar-refractivity contribution in [1.82, 2.24) is 15.2 Å². The van der Waals surface area contributed by atoms with Gasteiger partial charge < -0.3 is 14.6 Å². The van der Waals surface area contributed by atoms with Gasteiger partial charge in [-0.25, -0.2) is 9.78 Å². The number of hydrogen-bond acceptors (Lipinski definition) is 6. The molecule has 0 atom stereocenters. The van der Waals surface area contributed by atoms with Crippen LogP contribution in [0.15, 0.2) is 48.7 Å². The Morgan fingerprint density at radius 3 is 2.58 bits per heavy atom. The number of benzene rings is 2. The predicted molar refractivity (Wildman–Crippen MR) is 120 cm³/mol. The van der Waals surface area contributed by atoms with E-state index in [1.54, 1.807) is 12.3 Å². The molecule has 2 aromatic heterocycles. The van der Waals surface area contributed by atoms with E-state index in [1.165, 1.54) is 30.3 Å². The van der Waals surface area contributed by atoms with Crippen LogP contribution in [0.1, 0.15) is 11.3 Å². The summed E-state index contributed by atoms with van der Waals surface area (Å²) in [6.45, 7) is 0.0376. The van der Waals surface area contributed by atoms with Gasteiger partial charge in [-0.2, -0.15) is 27.9 Å². The lowest BCUT2D eigenvalue weighted by molar-refractivity contribution is -0.192. The number of carboxylic acids is 1. The monoisotopic (exact) mass is 542 g/mol. The quantitative estimate of drug-likeness (QED) is 0.284. The molecular formula is C22H12Cl2F4N4O4. The number of carbonyl (C=O) groups is 1. The molecule has 4 aromatic rings. The molecule has 36 heavy (non-hydrogen) atoms. The van der Waals surface area contributed by atoms with E-state index in [0.29, 0.717) is 11.3 Å². The number of fused-ring (bicyclic) bond motifs is 1. The Balaban J connectivity index is 0.000000454. The first-order valence-corrected chi connectivity index (χ1v) is 10.3. The number of alkyl halides is 3. The Kier molecular flexibility index (Phi) is 8.18. The molecule has 0 aliphatic rings. The molecule has 186 valence electrons. The van der Waals surface area contributed by atoms with Crippen LogP contribution in [0.3, 0.4) is 0 Å². The van der Waals surface area contributed by atoms with Gasteiger partial charge in [-0.05, 0) is 42.5 Å². The van der Waals surface area contributed by atoms with E-state index in [1.807, 2.05) is 12.1 Å². The maximum Gasteiger partial charge on any atom is 0.490 e. The van der Waals surface area contributed by atoms with Crippen LogP contribution in [0.2, 0.25) is 10.0 Å². The maximum atomic E-state index is 15.0. The van der Waals surface area contributed by atoms with Gasteiger partial charge in [0.05, 0.1) is 22.3 Å². The van der Waals surface area contributed by atoms with E-state index in [0.717, 1.165) is 5.39 Å². The van der Waals surface area contributed by atoms with Gasteiger partial charge in [0.1, 0.15) is 12.4 Å². The Hall–Kier alpha value is -4.08. The van der Waals surface area contributed by atoms with Crippen molar-refractivity contribution in [2.75, 3.05) is 0 Å². The van der Waals surface area contributed by atoms with Gasteiger partial charge in [-0.1, -0.05) is 23.2 Å². The van der Waals surface area contributed by atoms with Crippen molar-refractivity contribution in [1.29, 1.82) is 5.26 Å². The molecule has 0 saturated carbocycles. The van der Waals surface area contributed by atoms with Crippen molar-refractivity contribution in [2.45, 2.75) is 12.8 Å². The molecule has 0 aliphatic carbocycles. The van der Waals surface area contributed by atoms with Crippen LogP contribution in [0.4, 0.5) is 17.6 Å². The van der Waals surface area contributed by atoms with Crippen LogP contribution < -0.4 is 9.47 Å². The van der Waals surface area contributed by atoms with Crippen molar-refractivity contribution < 1.29 is 36.9 Å². The van der Waals surface area contributed by atoms with Crippen LogP contribution in [0.5, 0.6) is 17.2 Å². The molecule has 0 aliphatic heterocycles. The van der Waals surface area contributed by atoms with E-state index in [2.05, 4.69) is 15.2 Å². The van der Waals surface area contributed by atoms with Crippen LogP contribution in [-0.4, -0.2) is 32.4 Å². The molecule has 4 rings (SSSR count). The lowest BCUT2D eigenvalue weighted by Crippen LogP contribution is -2.21. The van der Waals surface area contributed by atoms with Crippen LogP contribution in [0, 0.1) is 17.1 Å². The minimum absolute atomic E-state index is 0.0376. The summed E-state index contributed by atoms with van der Waals surface area (Å²) in [5.74, 6) is -3.65. The number of pyridine rings is 1. The number of aromatic amines is 1. The summed E-state index contributed by atoms with van der Waals surface area (Å²) in [5.41, 5.74) is 1.47. The molecule has 2 N–H and O–H groups in total. The number of aromatic nitrogens is 3. The number of carboxylic acid groups (broad SMARTS) is 1. The zero-order valence-corrected chi connectivity index (χ0v) is 19.1. The second kappa shape index (κ2) is 11.1. The highest BCUT2D eigenvalue weighted by Gasteiger charge is 2.38. The smallest absolute Gasteiger partial charge is 0.484 e. The Bertz CT molecular complexity index is 1450.